The van der Waals surface area contributed by atoms with Crippen LogP contribution in [0.25, 0.3) is 0 Å². The van der Waals surface area contributed by atoms with Crippen molar-refractivity contribution < 1.29 is 23.8 Å². The van der Waals surface area contributed by atoms with Crippen LogP contribution in [-0.2, 0) is 14.3 Å². The Morgan fingerprint density at radius 2 is 2.13 bits per heavy atom. The quantitative estimate of drug-likeness (QED) is 0.253. The normalized spacial score (nSPS) is 31.7. The second-order valence-electron chi connectivity index (χ2n) is 8.26. The van der Waals surface area contributed by atoms with E-state index in [0.29, 0.717) is 29.9 Å². The molecule has 1 aliphatic carbocycles. The molecule has 0 saturated carbocycles. The molecule has 3 aliphatic rings. The van der Waals surface area contributed by atoms with E-state index in [0.717, 1.165) is 18.4 Å². The Labute approximate surface area is 181 Å². The Morgan fingerprint density at radius 1 is 1.35 bits per heavy atom. The largest absolute Gasteiger partial charge is 0.497 e. The zero-order valence-corrected chi connectivity index (χ0v) is 17.7. The summed E-state index contributed by atoms with van der Waals surface area (Å²) in [6, 6.07) is 6.57. The van der Waals surface area contributed by atoms with E-state index in [9.17, 15) is 9.59 Å². The second-order valence-corrected chi connectivity index (χ2v) is 8.26. The van der Waals surface area contributed by atoms with Crippen LogP contribution in [-0.4, -0.2) is 43.1 Å². The van der Waals surface area contributed by atoms with Gasteiger partial charge in [-0.25, -0.2) is 15.0 Å². The molecule has 2 saturated heterocycles. The highest BCUT2D eigenvalue weighted by atomic mass is 16.6. The molecule has 8 heteroatoms. The number of carbonyl (C=O) groups is 2. The molecular weight excluding hydrogens is 398 g/mol. The van der Waals surface area contributed by atoms with Crippen molar-refractivity contribution in [2.24, 2.45) is 11.0 Å². The lowest BCUT2D eigenvalue weighted by molar-refractivity contribution is -0.140. The third kappa shape index (κ3) is 4.64. The lowest BCUT2D eigenvalue weighted by Crippen LogP contribution is -2.29. The predicted molar refractivity (Wildman–Crippen MR) is 116 cm³/mol. The molecule has 2 aliphatic heterocycles. The van der Waals surface area contributed by atoms with Crippen molar-refractivity contribution in [3.05, 3.63) is 48.1 Å². The molecule has 2 N–H and O–H groups in total. The maximum absolute atomic E-state index is 12.1. The van der Waals surface area contributed by atoms with Crippen molar-refractivity contribution >= 4 is 23.9 Å². The molecule has 1 aromatic carbocycles. The fourth-order valence-corrected chi connectivity index (χ4v) is 4.21. The van der Waals surface area contributed by atoms with Crippen molar-refractivity contribution in [2.45, 2.75) is 50.4 Å². The van der Waals surface area contributed by atoms with Gasteiger partial charge in [0.25, 0.3) is 0 Å². The number of amides is 2. The second kappa shape index (κ2) is 8.55. The maximum atomic E-state index is 12.1. The molecule has 164 valence electrons. The number of nitrogens with one attached hydrogen (secondary N) is 2. The smallest absolute Gasteiger partial charge is 0.339 e. The Hall–Kier alpha value is -3.13. The molecule has 0 unspecified atom stereocenters. The fourth-order valence-electron chi connectivity index (χ4n) is 4.21. The Kier molecular flexibility index (Phi) is 5.82. The minimum atomic E-state index is -0.438. The molecule has 0 aromatic heterocycles. The molecule has 0 bridgehead atoms. The summed E-state index contributed by atoms with van der Waals surface area (Å²) in [6.45, 7) is 5.98. The van der Waals surface area contributed by atoms with E-state index >= 15 is 0 Å². The van der Waals surface area contributed by atoms with Crippen molar-refractivity contribution in [3.8, 4) is 5.75 Å². The summed E-state index contributed by atoms with van der Waals surface area (Å²) in [5, 5.41) is 6.79. The molecular formula is C23H27N3O5. The van der Waals surface area contributed by atoms with Crippen LogP contribution < -0.4 is 15.5 Å². The Morgan fingerprint density at radius 3 is 2.87 bits per heavy atom. The summed E-state index contributed by atoms with van der Waals surface area (Å²) in [6.07, 6.45) is 6.48. The average Bonchev–Trinajstić information content (AvgIpc) is 3.34. The number of carbonyl (C=O) groups excluding carboxylic acids is 2. The van der Waals surface area contributed by atoms with E-state index in [4.69, 9.17) is 14.2 Å². The van der Waals surface area contributed by atoms with Crippen LogP contribution in [0.1, 0.15) is 32.6 Å². The molecule has 4 rings (SSSR count). The highest BCUT2D eigenvalue weighted by Gasteiger charge is 2.61. The number of hydrogen-bond donors (Lipinski definition) is 2. The molecule has 31 heavy (non-hydrogen) atoms. The Bertz CT molecular complexity index is 939. The number of urea groups is 1. The van der Waals surface area contributed by atoms with E-state index in [1.165, 1.54) is 0 Å². The van der Waals surface area contributed by atoms with E-state index in [2.05, 4.69) is 35.4 Å². The first-order chi connectivity index (χ1) is 14.9. The van der Waals surface area contributed by atoms with Crippen LogP contribution in [0.2, 0.25) is 0 Å². The summed E-state index contributed by atoms with van der Waals surface area (Å²) in [5.41, 5.74) is 4.34. The number of benzene rings is 1. The SMILES string of the molecule is C=C1C(=O)O[C@H]2[C@H]1CCC(/C=N/NC(=O)Nc1ccc(OC)cc1)=C\CC[C@@]1(C)O[C@@H]21. The van der Waals surface area contributed by atoms with E-state index in [1.807, 2.05) is 0 Å². The van der Waals surface area contributed by atoms with Gasteiger partial charge in [-0.1, -0.05) is 12.7 Å². The molecule has 1 aromatic rings. The lowest BCUT2D eigenvalue weighted by atomic mass is 9.84. The average molecular weight is 425 g/mol. The van der Waals surface area contributed by atoms with E-state index in [1.54, 1.807) is 37.6 Å². The predicted octanol–water partition coefficient (Wildman–Crippen LogP) is 3.56. The first-order valence-electron chi connectivity index (χ1n) is 10.4. The summed E-state index contributed by atoms with van der Waals surface area (Å²) in [7, 11) is 1.58. The van der Waals surface area contributed by atoms with Gasteiger partial charge in [0.2, 0.25) is 0 Å². The molecule has 2 heterocycles. The summed E-state index contributed by atoms with van der Waals surface area (Å²) >= 11 is 0. The standard InChI is InChI=1S/C23H27N3O5/c1-14-18-11-6-15(5-4-12-23(2)20(31-23)19(18)30-21(14)27)13-24-26-22(28)25-16-7-9-17(29-3)10-8-16/h5,7-10,13,18-20H,1,4,6,11-12H2,2-3H3,(H2,25,26,28)/b15-5+,24-13+/t18-,19-,20-,23+/m0/s1. The number of ether oxygens (including phenoxy) is 3. The molecule has 0 radical (unpaired) electrons. The number of hydrogen-bond acceptors (Lipinski definition) is 6. The van der Waals surface area contributed by atoms with Gasteiger partial charge in [-0.3, -0.25) is 0 Å². The van der Waals surface area contributed by atoms with Gasteiger partial charge in [0, 0.05) is 17.2 Å². The Balaban J connectivity index is 1.36. The minimum Gasteiger partial charge on any atom is -0.497 e. The molecule has 0 spiro atoms. The van der Waals surface area contributed by atoms with Gasteiger partial charge in [-0.2, -0.15) is 5.10 Å². The summed E-state index contributed by atoms with van der Waals surface area (Å²) in [5.74, 6) is 0.312. The van der Waals surface area contributed by atoms with Crippen molar-refractivity contribution in [1.29, 1.82) is 0 Å². The molecule has 4 atom stereocenters. The number of methoxy groups -OCH3 is 1. The van der Waals surface area contributed by atoms with Crippen molar-refractivity contribution in [2.75, 3.05) is 12.4 Å². The number of fused-ring (bicyclic) bond motifs is 3. The third-order valence-corrected chi connectivity index (χ3v) is 6.12. The van der Waals surface area contributed by atoms with Crippen LogP contribution in [0.3, 0.4) is 0 Å². The van der Waals surface area contributed by atoms with Gasteiger partial charge < -0.3 is 19.5 Å². The molecule has 2 amide bonds. The maximum Gasteiger partial charge on any atom is 0.339 e. The highest BCUT2D eigenvalue weighted by Crippen LogP contribution is 2.49. The van der Waals surface area contributed by atoms with Gasteiger partial charge in [0.1, 0.15) is 18.0 Å². The number of nitrogens with zero attached hydrogens (tertiary/aromatic N) is 1. The van der Waals surface area contributed by atoms with Gasteiger partial charge >= 0.3 is 12.0 Å². The van der Waals surface area contributed by atoms with Gasteiger partial charge in [0.05, 0.1) is 18.9 Å². The fraction of sp³-hybridized carbons (Fsp3) is 0.435. The van der Waals surface area contributed by atoms with Crippen LogP contribution in [0, 0.1) is 5.92 Å². The van der Waals surface area contributed by atoms with Crippen molar-refractivity contribution in [1.82, 2.24) is 5.43 Å². The third-order valence-electron chi connectivity index (χ3n) is 6.12. The highest BCUT2D eigenvalue weighted by molar-refractivity contribution is 5.91. The van der Waals surface area contributed by atoms with Crippen LogP contribution in [0.15, 0.2) is 53.2 Å². The first-order valence-corrected chi connectivity index (χ1v) is 10.4. The first kappa shape index (κ1) is 21.1. The zero-order valence-electron chi connectivity index (χ0n) is 17.7. The number of rotatable bonds is 4. The number of epoxide rings is 1. The van der Waals surface area contributed by atoms with Crippen LogP contribution >= 0.6 is 0 Å². The summed E-state index contributed by atoms with van der Waals surface area (Å²) in [4.78, 5) is 24.1. The monoisotopic (exact) mass is 425 g/mol. The minimum absolute atomic E-state index is 0.0624. The van der Waals surface area contributed by atoms with Gasteiger partial charge in [-0.15, -0.1) is 0 Å². The van der Waals surface area contributed by atoms with E-state index < -0.39 is 6.03 Å². The topological polar surface area (TPSA) is 102 Å². The summed E-state index contributed by atoms with van der Waals surface area (Å²) < 4.78 is 16.6. The van der Waals surface area contributed by atoms with Gasteiger partial charge in [0.15, 0.2) is 0 Å². The van der Waals surface area contributed by atoms with Crippen molar-refractivity contribution in [3.63, 3.8) is 0 Å². The zero-order chi connectivity index (χ0) is 22.0. The van der Waals surface area contributed by atoms with Crippen LogP contribution in [0.4, 0.5) is 10.5 Å². The van der Waals surface area contributed by atoms with Crippen LogP contribution in [0.5, 0.6) is 5.75 Å². The number of hydrazone groups is 1. The van der Waals surface area contributed by atoms with E-state index in [-0.39, 0.29) is 29.7 Å². The molecule has 2 fully saturated rings. The number of esters is 1. The lowest BCUT2D eigenvalue weighted by Gasteiger charge is -2.19. The number of anilines is 1. The van der Waals surface area contributed by atoms with Gasteiger partial charge in [-0.05, 0) is 62.4 Å². The molecule has 8 nitrogen and oxygen atoms in total. The number of allylic oxidation sites excluding steroid dienone is 2.